The molecule has 0 saturated heterocycles. The van der Waals surface area contributed by atoms with E-state index in [0.717, 1.165) is 0 Å². The Balaban J connectivity index is 3.06. The summed E-state index contributed by atoms with van der Waals surface area (Å²) in [6.45, 7) is 0. The van der Waals surface area contributed by atoms with Crippen LogP contribution in [0.3, 0.4) is 0 Å². The molecule has 1 atom stereocenters. The van der Waals surface area contributed by atoms with Crippen molar-refractivity contribution in [1.82, 2.24) is 0 Å². The summed E-state index contributed by atoms with van der Waals surface area (Å²) in [5.74, 6) is 0.0253. The third-order valence-corrected chi connectivity index (χ3v) is 1.74. The van der Waals surface area contributed by atoms with Crippen molar-refractivity contribution in [3.05, 3.63) is 29.8 Å². The number of alkyl halides is 3. The fourth-order valence-electron chi connectivity index (χ4n) is 1.07. The summed E-state index contributed by atoms with van der Waals surface area (Å²) in [5.41, 5.74) is -0.275. The second kappa shape index (κ2) is 3.88. The zero-order valence-corrected chi connectivity index (χ0v) is 7.38. The Morgan fingerprint density at radius 1 is 1.29 bits per heavy atom. The van der Waals surface area contributed by atoms with Crippen molar-refractivity contribution >= 4 is 0 Å². The summed E-state index contributed by atoms with van der Waals surface area (Å²) in [6.07, 6.45) is -7.17. The van der Waals surface area contributed by atoms with Crippen LogP contribution < -0.4 is 4.74 Å². The molecule has 0 heterocycles. The van der Waals surface area contributed by atoms with Crippen LogP contribution in [-0.2, 0) is 0 Å². The van der Waals surface area contributed by atoms with Crippen LogP contribution in [0.25, 0.3) is 0 Å². The Morgan fingerprint density at radius 3 is 2.36 bits per heavy atom. The van der Waals surface area contributed by atoms with Crippen molar-refractivity contribution in [2.75, 3.05) is 7.11 Å². The van der Waals surface area contributed by atoms with E-state index in [-0.39, 0.29) is 11.3 Å². The molecule has 2 nitrogen and oxygen atoms in total. The molecule has 0 unspecified atom stereocenters. The molecule has 14 heavy (non-hydrogen) atoms. The van der Waals surface area contributed by atoms with Crippen molar-refractivity contribution in [2.45, 2.75) is 12.3 Å². The first-order valence-electron chi connectivity index (χ1n) is 3.84. The minimum Gasteiger partial charge on any atom is -0.496 e. The van der Waals surface area contributed by atoms with Crippen LogP contribution >= 0.6 is 0 Å². The number of para-hydroxylation sites is 1. The summed E-state index contributed by atoms with van der Waals surface area (Å²) in [4.78, 5) is 0. The number of aliphatic hydroxyl groups excluding tert-OH is 1. The monoisotopic (exact) mass is 206 g/mol. The molecule has 0 saturated carbocycles. The number of hydrogen-bond donors (Lipinski definition) is 1. The molecular weight excluding hydrogens is 197 g/mol. The van der Waals surface area contributed by atoms with Crippen molar-refractivity contribution < 1.29 is 23.0 Å². The minimum atomic E-state index is -4.67. The molecule has 1 aromatic carbocycles. The Bertz CT molecular complexity index is 309. The van der Waals surface area contributed by atoms with Gasteiger partial charge in [-0.1, -0.05) is 18.2 Å². The number of rotatable bonds is 2. The van der Waals surface area contributed by atoms with Gasteiger partial charge in [-0.15, -0.1) is 0 Å². The van der Waals surface area contributed by atoms with Gasteiger partial charge < -0.3 is 9.84 Å². The zero-order chi connectivity index (χ0) is 10.8. The van der Waals surface area contributed by atoms with E-state index in [1.807, 2.05) is 0 Å². The number of benzene rings is 1. The maximum atomic E-state index is 12.1. The van der Waals surface area contributed by atoms with Gasteiger partial charge >= 0.3 is 6.18 Å². The van der Waals surface area contributed by atoms with Gasteiger partial charge in [0.25, 0.3) is 0 Å². The van der Waals surface area contributed by atoms with E-state index in [1.54, 1.807) is 0 Å². The van der Waals surface area contributed by atoms with Crippen molar-refractivity contribution in [2.24, 2.45) is 0 Å². The predicted octanol–water partition coefficient (Wildman–Crippen LogP) is 2.29. The van der Waals surface area contributed by atoms with Crippen LogP contribution in [0.1, 0.15) is 11.7 Å². The SMILES string of the molecule is COc1ccccc1[C@H](O)C(F)(F)F. The summed E-state index contributed by atoms with van der Waals surface area (Å²) < 4.78 is 41.1. The maximum Gasteiger partial charge on any atom is 0.418 e. The second-order valence-electron chi connectivity index (χ2n) is 2.69. The average Bonchev–Trinajstić information content (AvgIpc) is 2.15. The van der Waals surface area contributed by atoms with Crippen LogP contribution in [0.2, 0.25) is 0 Å². The van der Waals surface area contributed by atoms with Crippen molar-refractivity contribution in [3.63, 3.8) is 0 Å². The molecule has 0 aliphatic rings. The number of hydrogen-bond acceptors (Lipinski definition) is 2. The van der Waals surface area contributed by atoms with Gasteiger partial charge in [-0.05, 0) is 6.07 Å². The minimum absolute atomic E-state index is 0.0253. The summed E-state index contributed by atoms with van der Waals surface area (Å²) in [6, 6.07) is 5.49. The first-order valence-corrected chi connectivity index (χ1v) is 3.84. The van der Waals surface area contributed by atoms with Crippen LogP contribution in [-0.4, -0.2) is 18.4 Å². The van der Waals surface area contributed by atoms with Gasteiger partial charge in [-0.3, -0.25) is 0 Å². The van der Waals surface area contributed by atoms with Crippen molar-refractivity contribution in [3.8, 4) is 5.75 Å². The molecule has 5 heteroatoms. The number of halogens is 3. The van der Waals surface area contributed by atoms with Gasteiger partial charge in [0.1, 0.15) is 5.75 Å². The normalized spacial score (nSPS) is 13.8. The Kier molecular flexibility index (Phi) is 3.00. The van der Waals surface area contributed by atoms with E-state index < -0.39 is 12.3 Å². The average molecular weight is 206 g/mol. The fraction of sp³-hybridized carbons (Fsp3) is 0.333. The molecule has 1 aromatic rings. The summed E-state index contributed by atoms with van der Waals surface area (Å²) >= 11 is 0. The standard InChI is InChI=1S/C9H9F3O2/c1-14-7-5-3-2-4-6(7)8(13)9(10,11)12/h2-5,8,13H,1H3/t8-/m0/s1. The van der Waals surface area contributed by atoms with Crippen LogP contribution in [0.5, 0.6) is 5.75 Å². The Hall–Kier alpha value is -1.23. The Labute approximate surface area is 78.9 Å². The molecule has 0 radical (unpaired) electrons. The molecule has 78 valence electrons. The van der Waals surface area contributed by atoms with E-state index in [1.165, 1.54) is 31.4 Å². The first-order chi connectivity index (χ1) is 6.46. The molecule has 0 amide bonds. The number of aliphatic hydroxyl groups is 1. The van der Waals surface area contributed by atoms with E-state index >= 15 is 0 Å². The highest BCUT2D eigenvalue weighted by atomic mass is 19.4. The lowest BCUT2D eigenvalue weighted by Crippen LogP contribution is -2.20. The molecule has 0 aromatic heterocycles. The second-order valence-corrected chi connectivity index (χ2v) is 2.69. The quantitative estimate of drug-likeness (QED) is 0.804. The molecular formula is C9H9F3O2. The smallest absolute Gasteiger partial charge is 0.418 e. The number of ether oxygens (including phenoxy) is 1. The van der Waals surface area contributed by atoms with Gasteiger partial charge in [-0.2, -0.15) is 13.2 Å². The van der Waals surface area contributed by atoms with Gasteiger partial charge in [-0.25, -0.2) is 0 Å². The molecule has 0 bridgehead atoms. The summed E-state index contributed by atoms with van der Waals surface area (Å²) in [7, 11) is 1.25. The third kappa shape index (κ3) is 2.17. The zero-order valence-electron chi connectivity index (χ0n) is 7.38. The molecule has 1 rings (SSSR count). The first kappa shape index (κ1) is 10.8. The number of methoxy groups -OCH3 is 1. The van der Waals surface area contributed by atoms with Gasteiger partial charge in [0, 0.05) is 5.56 Å². The fourth-order valence-corrected chi connectivity index (χ4v) is 1.07. The molecule has 0 aliphatic heterocycles. The highest BCUT2D eigenvalue weighted by Gasteiger charge is 2.40. The van der Waals surface area contributed by atoms with Crippen molar-refractivity contribution in [1.29, 1.82) is 0 Å². The lowest BCUT2D eigenvalue weighted by atomic mass is 10.1. The van der Waals surface area contributed by atoms with E-state index in [2.05, 4.69) is 0 Å². The van der Waals surface area contributed by atoms with Crippen LogP contribution in [0.15, 0.2) is 24.3 Å². The van der Waals surface area contributed by atoms with Gasteiger partial charge in [0.05, 0.1) is 7.11 Å². The molecule has 1 N–H and O–H groups in total. The third-order valence-electron chi connectivity index (χ3n) is 1.74. The maximum absolute atomic E-state index is 12.1. The largest absolute Gasteiger partial charge is 0.496 e. The molecule has 0 aliphatic carbocycles. The van der Waals surface area contributed by atoms with E-state index in [9.17, 15) is 13.2 Å². The van der Waals surface area contributed by atoms with Gasteiger partial charge in [0.15, 0.2) is 6.10 Å². The van der Waals surface area contributed by atoms with Gasteiger partial charge in [0.2, 0.25) is 0 Å². The highest BCUT2D eigenvalue weighted by molar-refractivity contribution is 5.35. The topological polar surface area (TPSA) is 29.5 Å². The van der Waals surface area contributed by atoms with Crippen LogP contribution in [0.4, 0.5) is 13.2 Å². The van der Waals surface area contributed by atoms with E-state index in [4.69, 9.17) is 9.84 Å². The highest BCUT2D eigenvalue weighted by Crippen LogP contribution is 2.36. The Morgan fingerprint density at radius 2 is 1.86 bits per heavy atom. The molecule has 0 spiro atoms. The lowest BCUT2D eigenvalue weighted by Gasteiger charge is -2.17. The van der Waals surface area contributed by atoms with E-state index in [0.29, 0.717) is 0 Å². The lowest BCUT2D eigenvalue weighted by molar-refractivity contribution is -0.207. The van der Waals surface area contributed by atoms with Crippen LogP contribution in [0, 0.1) is 0 Å². The summed E-state index contributed by atoms with van der Waals surface area (Å²) in [5, 5.41) is 8.96. The predicted molar refractivity (Wildman–Crippen MR) is 44.0 cm³/mol. The molecule has 0 fully saturated rings.